The quantitative estimate of drug-likeness (QED) is 0.820. The topological polar surface area (TPSA) is 57.6 Å². The number of carboxylic acid groups (broad SMARTS) is 1. The van der Waals surface area contributed by atoms with E-state index in [9.17, 15) is 9.59 Å². The van der Waals surface area contributed by atoms with Crippen molar-refractivity contribution in [1.82, 2.24) is 4.90 Å². The number of hydrogen-bond donors (Lipinski definition) is 1. The van der Waals surface area contributed by atoms with Gasteiger partial charge in [0.15, 0.2) is 0 Å². The highest BCUT2D eigenvalue weighted by Gasteiger charge is 2.42. The lowest BCUT2D eigenvalue weighted by atomic mass is 9.70. The van der Waals surface area contributed by atoms with E-state index in [1.165, 1.54) is 6.42 Å². The van der Waals surface area contributed by atoms with Gasteiger partial charge in [-0.1, -0.05) is 20.8 Å². The molecular formula is C14H23NO3. The molecule has 0 aromatic heterocycles. The van der Waals surface area contributed by atoms with Crippen LogP contribution in [0.3, 0.4) is 0 Å². The highest BCUT2D eigenvalue weighted by molar-refractivity contribution is 5.86. The molecule has 1 N–H and O–H groups in total. The van der Waals surface area contributed by atoms with Crippen LogP contribution in [-0.2, 0) is 9.59 Å². The second-order valence-corrected chi connectivity index (χ2v) is 6.85. The minimum Gasteiger partial charge on any atom is -0.481 e. The van der Waals surface area contributed by atoms with E-state index < -0.39 is 11.9 Å². The van der Waals surface area contributed by atoms with Crippen LogP contribution in [0.15, 0.2) is 0 Å². The normalized spacial score (nSPS) is 35.8. The molecule has 18 heavy (non-hydrogen) atoms. The fourth-order valence-electron chi connectivity index (χ4n) is 3.78. The van der Waals surface area contributed by atoms with Crippen molar-refractivity contribution in [2.75, 3.05) is 6.54 Å². The van der Waals surface area contributed by atoms with Crippen LogP contribution >= 0.6 is 0 Å². The van der Waals surface area contributed by atoms with Crippen molar-refractivity contribution in [3.63, 3.8) is 0 Å². The fourth-order valence-corrected chi connectivity index (χ4v) is 3.78. The van der Waals surface area contributed by atoms with Crippen LogP contribution in [0.2, 0.25) is 0 Å². The summed E-state index contributed by atoms with van der Waals surface area (Å²) in [6.45, 7) is 7.11. The number of hydrogen-bond acceptors (Lipinski definition) is 2. The maximum atomic E-state index is 12.0. The van der Waals surface area contributed by atoms with Gasteiger partial charge in [0.1, 0.15) is 0 Å². The molecule has 1 saturated heterocycles. The number of amides is 1. The molecular weight excluding hydrogens is 230 g/mol. The molecule has 2 rings (SSSR count). The zero-order valence-corrected chi connectivity index (χ0v) is 11.5. The van der Waals surface area contributed by atoms with E-state index in [0.717, 1.165) is 12.8 Å². The Kier molecular flexibility index (Phi) is 3.39. The van der Waals surface area contributed by atoms with E-state index in [1.54, 1.807) is 0 Å². The average molecular weight is 253 g/mol. The van der Waals surface area contributed by atoms with Gasteiger partial charge in [-0.05, 0) is 30.6 Å². The minimum atomic E-state index is -0.839. The summed E-state index contributed by atoms with van der Waals surface area (Å²) in [5.74, 6) is -0.709. The van der Waals surface area contributed by atoms with Gasteiger partial charge in [-0.2, -0.15) is 0 Å². The van der Waals surface area contributed by atoms with Crippen LogP contribution in [0, 0.1) is 17.3 Å². The summed E-state index contributed by atoms with van der Waals surface area (Å²) in [7, 11) is 0. The minimum absolute atomic E-state index is 0.0253. The molecule has 0 bridgehead atoms. The van der Waals surface area contributed by atoms with Crippen LogP contribution in [0.25, 0.3) is 0 Å². The summed E-state index contributed by atoms with van der Waals surface area (Å²) in [5.41, 5.74) is 0.254. The lowest BCUT2D eigenvalue weighted by Crippen LogP contribution is -2.44. The number of nitrogens with zero attached hydrogens (tertiary/aromatic N) is 1. The van der Waals surface area contributed by atoms with E-state index in [0.29, 0.717) is 12.5 Å². The molecule has 0 spiro atoms. The van der Waals surface area contributed by atoms with Crippen molar-refractivity contribution in [1.29, 1.82) is 0 Å². The van der Waals surface area contributed by atoms with Crippen molar-refractivity contribution in [2.24, 2.45) is 17.3 Å². The highest BCUT2D eigenvalue weighted by Crippen LogP contribution is 2.41. The fraction of sp³-hybridized carbons (Fsp3) is 0.857. The molecule has 4 nitrogen and oxygen atoms in total. The van der Waals surface area contributed by atoms with E-state index >= 15 is 0 Å². The molecule has 3 unspecified atom stereocenters. The maximum Gasteiger partial charge on any atom is 0.308 e. The third-order valence-corrected chi connectivity index (χ3v) is 4.31. The standard InChI is InChI=1S/C14H23NO3/c1-9-4-11(7-14(2,3)6-9)15-8-10(13(17)18)5-12(15)16/h9-11H,4-8H2,1-3H3,(H,17,18). The molecule has 0 aromatic rings. The monoisotopic (exact) mass is 253 g/mol. The Morgan fingerprint density at radius 3 is 2.56 bits per heavy atom. The van der Waals surface area contributed by atoms with E-state index in [2.05, 4.69) is 20.8 Å². The molecule has 2 fully saturated rings. The molecule has 0 radical (unpaired) electrons. The maximum absolute atomic E-state index is 12.0. The summed E-state index contributed by atoms with van der Waals surface area (Å²) in [6.07, 6.45) is 3.38. The molecule has 102 valence electrons. The van der Waals surface area contributed by atoms with Crippen molar-refractivity contribution < 1.29 is 14.7 Å². The van der Waals surface area contributed by atoms with Gasteiger partial charge in [0.25, 0.3) is 0 Å². The number of aliphatic carboxylic acids is 1. The van der Waals surface area contributed by atoms with Crippen molar-refractivity contribution >= 4 is 11.9 Å². The SMILES string of the molecule is CC1CC(N2CC(C(=O)O)CC2=O)CC(C)(C)C1. The van der Waals surface area contributed by atoms with Crippen LogP contribution < -0.4 is 0 Å². The second-order valence-electron chi connectivity index (χ2n) is 6.85. The van der Waals surface area contributed by atoms with Gasteiger partial charge >= 0.3 is 5.97 Å². The lowest BCUT2D eigenvalue weighted by molar-refractivity contribution is -0.141. The Bertz CT molecular complexity index is 364. The van der Waals surface area contributed by atoms with E-state index in [1.807, 2.05) is 4.90 Å². The molecule has 1 aliphatic carbocycles. The van der Waals surface area contributed by atoms with Gasteiger partial charge < -0.3 is 10.0 Å². The number of carbonyl (C=O) groups excluding carboxylic acids is 1. The van der Waals surface area contributed by atoms with Gasteiger partial charge in [0.2, 0.25) is 5.91 Å². The van der Waals surface area contributed by atoms with Gasteiger partial charge in [-0.3, -0.25) is 9.59 Å². The van der Waals surface area contributed by atoms with E-state index in [-0.39, 0.29) is 23.8 Å². The Balaban J connectivity index is 2.07. The molecule has 1 amide bonds. The summed E-state index contributed by atoms with van der Waals surface area (Å²) in [6, 6.07) is 0.237. The van der Waals surface area contributed by atoms with E-state index in [4.69, 9.17) is 5.11 Å². The lowest BCUT2D eigenvalue weighted by Gasteiger charge is -2.42. The number of carbonyl (C=O) groups is 2. The Labute approximate surface area is 108 Å². The molecule has 3 atom stereocenters. The van der Waals surface area contributed by atoms with Crippen molar-refractivity contribution in [3.8, 4) is 0 Å². The zero-order chi connectivity index (χ0) is 13.5. The Morgan fingerprint density at radius 1 is 1.39 bits per heavy atom. The average Bonchev–Trinajstić information content (AvgIpc) is 2.57. The van der Waals surface area contributed by atoms with Crippen molar-refractivity contribution in [3.05, 3.63) is 0 Å². The summed E-state index contributed by atoms with van der Waals surface area (Å²) < 4.78 is 0. The third-order valence-electron chi connectivity index (χ3n) is 4.31. The molecule has 1 aliphatic heterocycles. The number of rotatable bonds is 2. The second kappa shape index (κ2) is 4.56. The van der Waals surface area contributed by atoms with Gasteiger partial charge in [0, 0.05) is 19.0 Å². The van der Waals surface area contributed by atoms with Gasteiger partial charge in [0.05, 0.1) is 5.92 Å². The summed E-state index contributed by atoms with van der Waals surface area (Å²) in [4.78, 5) is 24.8. The molecule has 1 heterocycles. The van der Waals surface area contributed by atoms with Crippen LogP contribution in [-0.4, -0.2) is 34.5 Å². The van der Waals surface area contributed by atoms with Gasteiger partial charge in [-0.25, -0.2) is 0 Å². The first-order chi connectivity index (χ1) is 8.28. The molecule has 1 saturated carbocycles. The Morgan fingerprint density at radius 2 is 2.06 bits per heavy atom. The summed E-state index contributed by atoms with van der Waals surface area (Å²) in [5, 5.41) is 9.02. The predicted octanol–water partition coefficient (Wildman–Crippen LogP) is 2.13. The molecule has 2 aliphatic rings. The zero-order valence-electron chi connectivity index (χ0n) is 11.5. The highest BCUT2D eigenvalue weighted by atomic mass is 16.4. The smallest absolute Gasteiger partial charge is 0.308 e. The first-order valence-electron chi connectivity index (χ1n) is 6.81. The van der Waals surface area contributed by atoms with Crippen LogP contribution in [0.1, 0.15) is 46.5 Å². The first kappa shape index (κ1) is 13.4. The Hall–Kier alpha value is -1.06. The molecule has 0 aromatic carbocycles. The summed E-state index contributed by atoms with van der Waals surface area (Å²) >= 11 is 0. The number of likely N-dealkylation sites (tertiary alicyclic amines) is 1. The van der Waals surface area contributed by atoms with Crippen LogP contribution in [0.4, 0.5) is 0 Å². The first-order valence-corrected chi connectivity index (χ1v) is 6.81. The largest absolute Gasteiger partial charge is 0.481 e. The number of carboxylic acids is 1. The third kappa shape index (κ3) is 2.68. The molecule has 4 heteroatoms. The van der Waals surface area contributed by atoms with Crippen LogP contribution in [0.5, 0.6) is 0 Å². The van der Waals surface area contributed by atoms with Crippen molar-refractivity contribution in [2.45, 2.75) is 52.5 Å². The van der Waals surface area contributed by atoms with Gasteiger partial charge in [-0.15, -0.1) is 0 Å². The predicted molar refractivity (Wildman–Crippen MR) is 68.0 cm³/mol.